The predicted molar refractivity (Wildman–Crippen MR) is 86.3 cm³/mol. The molecule has 0 radical (unpaired) electrons. The molecule has 0 bridgehead atoms. The first-order valence-corrected chi connectivity index (χ1v) is 8.98. The maximum absolute atomic E-state index is 12.5. The minimum Gasteiger partial charge on any atom is -0.342 e. The number of likely N-dealkylation sites (tertiary alicyclic amines) is 2. The van der Waals surface area contributed by atoms with E-state index in [0.29, 0.717) is 13.0 Å². The van der Waals surface area contributed by atoms with Gasteiger partial charge in [-0.15, -0.1) is 0 Å². The molecule has 0 N–H and O–H groups in total. The molecule has 122 valence electrons. The van der Waals surface area contributed by atoms with Crippen LogP contribution in [0.2, 0.25) is 0 Å². The highest BCUT2D eigenvalue weighted by molar-refractivity contribution is 5.89. The third-order valence-electron chi connectivity index (χ3n) is 5.32. The van der Waals surface area contributed by atoms with Gasteiger partial charge in [-0.1, -0.05) is 11.6 Å². The highest BCUT2D eigenvalue weighted by atomic mass is 16.2. The summed E-state index contributed by atoms with van der Waals surface area (Å²) in [5.74, 6) is 0.296. The van der Waals surface area contributed by atoms with Crippen LogP contribution in [0, 0.1) is 5.92 Å². The largest absolute Gasteiger partial charge is 0.342 e. The molecule has 22 heavy (non-hydrogen) atoms. The molecule has 2 amide bonds. The minimum atomic E-state index is -0.0917. The molecule has 2 saturated heterocycles. The van der Waals surface area contributed by atoms with Gasteiger partial charge in [-0.2, -0.15) is 0 Å². The summed E-state index contributed by atoms with van der Waals surface area (Å²) in [4.78, 5) is 28.6. The van der Waals surface area contributed by atoms with E-state index in [-0.39, 0.29) is 17.7 Å². The fourth-order valence-electron chi connectivity index (χ4n) is 3.94. The van der Waals surface area contributed by atoms with Gasteiger partial charge in [0.2, 0.25) is 11.8 Å². The van der Waals surface area contributed by atoms with E-state index in [1.807, 2.05) is 9.80 Å². The number of piperidine rings is 1. The Morgan fingerprint density at radius 3 is 2.68 bits per heavy atom. The van der Waals surface area contributed by atoms with E-state index < -0.39 is 0 Å². The average Bonchev–Trinajstić information content (AvgIpc) is 2.95. The highest BCUT2D eigenvalue weighted by Crippen LogP contribution is 2.25. The Kier molecular flexibility index (Phi) is 5.16. The number of allylic oxidation sites excluding steroid dienone is 1. The zero-order valence-electron chi connectivity index (χ0n) is 13.6. The number of rotatable bonds is 4. The first kappa shape index (κ1) is 15.6. The van der Waals surface area contributed by atoms with Crippen molar-refractivity contribution in [2.75, 3.05) is 26.2 Å². The standard InChI is InChI=1S/C18H28N2O2/c21-17-13-16(18(22)19-10-5-2-6-11-19)14-20(17)12-9-15-7-3-1-4-8-15/h7,16H,1-6,8-14H2. The van der Waals surface area contributed by atoms with Gasteiger partial charge in [0.05, 0.1) is 5.92 Å². The van der Waals surface area contributed by atoms with Gasteiger partial charge in [-0.05, 0) is 51.4 Å². The lowest BCUT2D eigenvalue weighted by atomic mass is 9.97. The van der Waals surface area contributed by atoms with Gasteiger partial charge in [0.25, 0.3) is 0 Å². The van der Waals surface area contributed by atoms with Crippen molar-refractivity contribution >= 4 is 11.8 Å². The Hall–Kier alpha value is -1.32. The third-order valence-corrected chi connectivity index (χ3v) is 5.32. The van der Waals surface area contributed by atoms with Gasteiger partial charge in [0.15, 0.2) is 0 Å². The van der Waals surface area contributed by atoms with E-state index in [4.69, 9.17) is 0 Å². The normalized spacial score (nSPS) is 26.3. The lowest BCUT2D eigenvalue weighted by molar-refractivity contribution is -0.136. The molecule has 0 spiro atoms. The second kappa shape index (κ2) is 7.30. The molecule has 1 atom stereocenters. The lowest BCUT2D eigenvalue weighted by Crippen LogP contribution is -2.40. The van der Waals surface area contributed by atoms with Gasteiger partial charge in [0, 0.05) is 32.6 Å². The Labute approximate surface area is 133 Å². The number of carbonyl (C=O) groups is 2. The summed E-state index contributed by atoms with van der Waals surface area (Å²) in [5, 5.41) is 0. The van der Waals surface area contributed by atoms with E-state index in [1.54, 1.807) is 0 Å². The zero-order valence-corrected chi connectivity index (χ0v) is 13.6. The first-order chi connectivity index (χ1) is 10.7. The third kappa shape index (κ3) is 3.71. The Bertz CT molecular complexity index is 452. The van der Waals surface area contributed by atoms with Gasteiger partial charge in [-0.3, -0.25) is 9.59 Å². The maximum Gasteiger partial charge on any atom is 0.227 e. The molecule has 0 saturated carbocycles. The molecule has 4 heteroatoms. The van der Waals surface area contributed by atoms with Gasteiger partial charge < -0.3 is 9.80 Å². The van der Waals surface area contributed by atoms with Crippen LogP contribution in [0.15, 0.2) is 11.6 Å². The Morgan fingerprint density at radius 2 is 1.95 bits per heavy atom. The van der Waals surface area contributed by atoms with E-state index in [1.165, 1.54) is 37.7 Å². The first-order valence-electron chi connectivity index (χ1n) is 8.98. The van der Waals surface area contributed by atoms with Crippen molar-refractivity contribution in [1.82, 2.24) is 9.80 Å². The highest BCUT2D eigenvalue weighted by Gasteiger charge is 2.36. The summed E-state index contributed by atoms with van der Waals surface area (Å²) in [6, 6.07) is 0. The number of amides is 2. The monoisotopic (exact) mass is 304 g/mol. The molecule has 0 aromatic rings. The number of nitrogens with zero attached hydrogens (tertiary/aromatic N) is 2. The van der Waals surface area contributed by atoms with Crippen molar-refractivity contribution in [2.24, 2.45) is 5.92 Å². The molecule has 0 aromatic heterocycles. The van der Waals surface area contributed by atoms with E-state index >= 15 is 0 Å². The smallest absolute Gasteiger partial charge is 0.227 e. The van der Waals surface area contributed by atoms with Crippen LogP contribution in [-0.4, -0.2) is 47.8 Å². The number of carbonyl (C=O) groups excluding carboxylic acids is 2. The molecule has 0 aromatic carbocycles. The summed E-state index contributed by atoms with van der Waals surface area (Å²) < 4.78 is 0. The molecule has 2 aliphatic heterocycles. The Balaban J connectivity index is 1.49. The maximum atomic E-state index is 12.5. The van der Waals surface area contributed by atoms with E-state index in [9.17, 15) is 9.59 Å². The molecule has 4 nitrogen and oxygen atoms in total. The van der Waals surface area contributed by atoms with Crippen LogP contribution in [0.4, 0.5) is 0 Å². The van der Waals surface area contributed by atoms with Crippen molar-refractivity contribution in [3.8, 4) is 0 Å². The van der Waals surface area contributed by atoms with Crippen molar-refractivity contribution in [2.45, 2.75) is 57.8 Å². The molecule has 3 rings (SSSR count). The van der Waals surface area contributed by atoms with Crippen molar-refractivity contribution in [3.63, 3.8) is 0 Å². The molecule has 3 aliphatic rings. The van der Waals surface area contributed by atoms with Crippen LogP contribution in [-0.2, 0) is 9.59 Å². The van der Waals surface area contributed by atoms with Crippen LogP contribution in [0.5, 0.6) is 0 Å². The second-order valence-electron chi connectivity index (χ2n) is 6.98. The molecule has 1 unspecified atom stereocenters. The summed E-state index contributed by atoms with van der Waals surface area (Å²) in [7, 11) is 0. The van der Waals surface area contributed by atoms with Gasteiger partial charge in [-0.25, -0.2) is 0 Å². The molecule has 2 heterocycles. The average molecular weight is 304 g/mol. The van der Waals surface area contributed by atoms with Crippen molar-refractivity contribution < 1.29 is 9.59 Å². The summed E-state index contributed by atoms with van der Waals surface area (Å²) in [6.07, 6.45) is 12.2. The van der Waals surface area contributed by atoms with Gasteiger partial charge in [0.1, 0.15) is 0 Å². The SMILES string of the molecule is O=C1CC(C(=O)N2CCCCC2)CN1CCC1=CCCCC1. The molecular formula is C18H28N2O2. The van der Waals surface area contributed by atoms with Crippen molar-refractivity contribution in [1.29, 1.82) is 0 Å². The van der Waals surface area contributed by atoms with E-state index in [2.05, 4.69) is 6.08 Å². The Morgan fingerprint density at radius 1 is 1.14 bits per heavy atom. The van der Waals surface area contributed by atoms with Crippen LogP contribution in [0.3, 0.4) is 0 Å². The van der Waals surface area contributed by atoms with Crippen LogP contribution >= 0.6 is 0 Å². The van der Waals surface area contributed by atoms with Crippen LogP contribution < -0.4 is 0 Å². The second-order valence-corrected chi connectivity index (χ2v) is 6.98. The van der Waals surface area contributed by atoms with Crippen LogP contribution in [0.1, 0.15) is 57.8 Å². The van der Waals surface area contributed by atoms with Crippen molar-refractivity contribution in [3.05, 3.63) is 11.6 Å². The van der Waals surface area contributed by atoms with Gasteiger partial charge >= 0.3 is 0 Å². The molecule has 1 aliphatic carbocycles. The zero-order chi connectivity index (χ0) is 15.4. The quantitative estimate of drug-likeness (QED) is 0.749. The number of hydrogen-bond donors (Lipinski definition) is 0. The predicted octanol–water partition coefficient (Wildman–Crippen LogP) is 2.74. The van der Waals surface area contributed by atoms with Crippen LogP contribution in [0.25, 0.3) is 0 Å². The minimum absolute atomic E-state index is 0.0917. The topological polar surface area (TPSA) is 40.6 Å². The fraction of sp³-hybridized carbons (Fsp3) is 0.778. The number of hydrogen-bond acceptors (Lipinski definition) is 2. The summed E-state index contributed by atoms with van der Waals surface area (Å²) in [5.41, 5.74) is 1.50. The summed E-state index contributed by atoms with van der Waals surface area (Å²) in [6.45, 7) is 3.21. The molecular weight excluding hydrogens is 276 g/mol. The summed E-state index contributed by atoms with van der Waals surface area (Å²) >= 11 is 0. The molecule has 2 fully saturated rings. The fourth-order valence-corrected chi connectivity index (χ4v) is 3.94. The lowest BCUT2D eigenvalue weighted by Gasteiger charge is -2.29. The van der Waals surface area contributed by atoms with E-state index in [0.717, 1.165) is 38.9 Å².